The van der Waals surface area contributed by atoms with Crippen molar-refractivity contribution in [1.82, 2.24) is 10.2 Å². The summed E-state index contributed by atoms with van der Waals surface area (Å²) in [6, 6.07) is 7.23. The molecule has 1 unspecified atom stereocenters. The van der Waals surface area contributed by atoms with Gasteiger partial charge in [0.1, 0.15) is 0 Å². The topological polar surface area (TPSA) is 15.3 Å². The molecule has 1 aliphatic heterocycles. The van der Waals surface area contributed by atoms with Crippen molar-refractivity contribution < 1.29 is 0 Å². The van der Waals surface area contributed by atoms with Gasteiger partial charge in [0.25, 0.3) is 0 Å². The first-order valence-corrected chi connectivity index (χ1v) is 7.88. The van der Waals surface area contributed by atoms with Crippen molar-refractivity contribution in [2.75, 3.05) is 26.7 Å². The zero-order valence-electron chi connectivity index (χ0n) is 13.8. The predicted octanol–water partition coefficient (Wildman–Crippen LogP) is 3.69. The maximum absolute atomic E-state index is 3.51. The van der Waals surface area contributed by atoms with Crippen LogP contribution in [0.3, 0.4) is 0 Å². The lowest BCUT2D eigenvalue weighted by Crippen LogP contribution is -2.41. The first-order valence-electron chi connectivity index (χ1n) is 7.88. The molecule has 2 nitrogen and oxygen atoms in total. The quantitative estimate of drug-likeness (QED) is 0.901. The van der Waals surface area contributed by atoms with E-state index in [2.05, 4.69) is 63.2 Å². The Kier molecular flexibility index (Phi) is 4.87. The van der Waals surface area contributed by atoms with Crippen molar-refractivity contribution in [1.29, 1.82) is 0 Å². The largest absolute Gasteiger partial charge is 0.312 e. The van der Waals surface area contributed by atoms with E-state index >= 15 is 0 Å². The zero-order chi connectivity index (χ0) is 14.8. The minimum Gasteiger partial charge on any atom is -0.312 e. The standard InChI is InChI=1S/C18H30N2/c1-14-6-7-15(2)16(12-14)17(19-5)13-20-10-8-18(3,4)9-11-20/h6-7,12,17,19H,8-11,13H2,1-5H3. The van der Waals surface area contributed by atoms with Gasteiger partial charge in [-0.05, 0) is 63.4 Å². The van der Waals surface area contributed by atoms with Crippen LogP contribution in [0.15, 0.2) is 18.2 Å². The van der Waals surface area contributed by atoms with Crippen LogP contribution in [0, 0.1) is 19.3 Å². The summed E-state index contributed by atoms with van der Waals surface area (Å²) in [6.07, 6.45) is 2.63. The van der Waals surface area contributed by atoms with E-state index in [1.165, 1.54) is 42.6 Å². The van der Waals surface area contributed by atoms with Crippen LogP contribution in [0.4, 0.5) is 0 Å². The maximum Gasteiger partial charge on any atom is 0.0449 e. The van der Waals surface area contributed by atoms with E-state index in [0.29, 0.717) is 11.5 Å². The fourth-order valence-corrected chi connectivity index (χ4v) is 3.08. The van der Waals surface area contributed by atoms with Crippen LogP contribution in [0.1, 0.15) is 49.4 Å². The van der Waals surface area contributed by atoms with Crippen molar-refractivity contribution in [3.05, 3.63) is 34.9 Å². The van der Waals surface area contributed by atoms with E-state index < -0.39 is 0 Å². The monoisotopic (exact) mass is 274 g/mol. The number of hydrogen-bond donors (Lipinski definition) is 1. The Morgan fingerprint density at radius 3 is 2.45 bits per heavy atom. The normalized spacial score (nSPS) is 20.9. The predicted molar refractivity (Wildman–Crippen MR) is 87.2 cm³/mol. The molecule has 0 aromatic heterocycles. The van der Waals surface area contributed by atoms with Gasteiger partial charge in [-0.2, -0.15) is 0 Å². The van der Waals surface area contributed by atoms with Gasteiger partial charge in [-0.15, -0.1) is 0 Å². The highest BCUT2D eigenvalue weighted by atomic mass is 15.2. The van der Waals surface area contributed by atoms with Gasteiger partial charge in [0.2, 0.25) is 0 Å². The summed E-state index contributed by atoms with van der Waals surface area (Å²) in [5.74, 6) is 0. The third kappa shape index (κ3) is 3.83. The fraction of sp³-hybridized carbons (Fsp3) is 0.667. The van der Waals surface area contributed by atoms with Gasteiger partial charge < -0.3 is 10.2 Å². The lowest BCUT2D eigenvalue weighted by molar-refractivity contribution is 0.123. The Balaban J connectivity index is 2.04. The lowest BCUT2D eigenvalue weighted by Gasteiger charge is -2.38. The highest BCUT2D eigenvalue weighted by molar-refractivity contribution is 5.33. The fourth-order valence-electron chi connectivity index (χ4n) is 3.08. The molecule has 1 heterocycles. The van der Waals surface area contributed by atoms with Crippen LogP contribution in [-0.2, 0) is 0 Å². The van der Waals surface area contributed by atoms with E-state index in [4.69, 9.17) is 0 Å². The Bertz CT molecular complexity index is 441. The molecule has 0 aliphatic carbocycles. The Morgan fingerprint density at radius 2 is 1.85 bits per heavy atom. The minimum absolute atomic E-state index is 0.441. The molecule has 2 heteroatoms. The van der Waals surface area contributed by atoms with Crippen LogP contribution >= 0.6 is 0 Å². The van der Waals surface area contributed by atoms with Gasteiger partial charge >= 0.3 is 0 Å². The van der Waals surface area contributed by atoms with Crippen molar-refractivity contribution in [3.8, 4) is 0 Å². The van der Waals surface area contributed by atoms with Crippen molar-refractivity contribution >= 4 is 0 Å². The molecule has 1 N–H and O–H groups in total. The molecule has 1 aliphatic rings. The summed E-state index contributed by atoms with van der Waals surface area (Å²) in [6.45, 7) is 12.8. The molecule has 0 spiro atoms. The summed E-state index contributed by atoms with van der Waals surface area (Å²) < 4.78 is 0. The second-order valence-electron chi connectivity index (χ2n) is 7.17. The SMILES string of the molecule is CNC(CN1CCC(C)(C)CC1)c1cc(C)ccc1C. The molecule has 0 amide bonds. The van der Waals surface area contributed by atoms with Gasteiger partial charge in [-0.3, -0.25) is 0 Å². The lowest BCUT2D eigenvalue weighted by atomic mass is 9.82. The number of likely N-dealkylation sites (N-methyl/N-ethyl adjacent to an activating group) is 1. The molecule has 1 fully saturated rings. The van der Waals surface area contributed by atoms with Gasteiger partial charge in [0.05, 0.1) is 0 Å². The summed E-state index contributed by atoms with van der Waals surface area (Å²) in [4.78, 5) is 2.62. The number of benzene rings is 1. The zero-order valence-corrected chi connectivity index (χ0v) is 13.8. The highest BCUT2D eigenvalue weighted by Gasteiger charge is 2.26. The first-order chi connectivity index (χ1) is 9.41. The van der Waals surface area contributed by atoms with Crippen LogP contribution in [0.25, 0.3) is 0 Å². The minimum atomic E-state index is 0.441. The second-order valence-corrected chi connectivity index (χ2v) is 7.17. The Labute approximate surface area is 124 Å². The van der Waals surface area contributed by atoms with E-state index in [0.717, 1.165) is 6.54 Å². The molecule has 1 aromatic carbocycles. The summed E-state index contributed by atoms with van der Waals surface area (Å²) >= 11 is 0. The summed E-state index contributed by atoms with van der Waals surface area (Å²) in [5.41, 5.74) is 4.74. The molecular formula is C18H30N2. The van der Waals surface area contributed by atoms with Crippen molar-refractivity contribution in [3.63, 3.8) is 0 Å². The number of likely N-dealkylation sites (tertiary alicyclic amines) is 1. The van der Waals surface area contributed by atoms with Crippen LogP contribution in [0.2, 0.25) is 0 Å². The summed E-state index contributed by atoms with van der Waals surface area (Å²) in [5, 5.41) is 3.51. The van der Waals surface area contributed by atoms with Crippen LogP contribution in [0.5, 0.6) is 0 Å². The number of aryl methyl sites for hydroxylation is 2. The highest BCUT2D eigenvalue weighted by Crippen LogP contribution is 2.30. The third-order valence-corrected chi connectivity index (χ3v) is 4.81. The van der Waals surface area contributed by atoms with Gasteiger partial charge in [-0.25, -0.2) is 0 Å². The molecular weight excluding hydrogens is 244 g/mol. The first kappa shape index (κ1) is 15.5. The molecule has 0 bridgehead atoms. The van der Waals surface area contributed by atoms with E-state index in [1.807, 2.05) is 0 Å². The van der Waals surface area contributed by atoms with Gasteiger partial charge in [-0.1, -0.05) is 37.6 Å². The van der Waals surface area contributed by atoms with E-state index in [1.54, 1.807) is 0 Å². The summed E-state index contributed by atoms with van der Waals surface area (Å²) in [7, 11) is 2.08. The third-order valence-electron chi connectivity index (χ3n) is 4.81. The number of hydrogen-bond acceptors (Lipinski definition) is 2. The average Bonchev–Trinajstić information content (AvgIpc) is 2.41. The molecule has 0 saturated carbocycles. The van der Waals surface area contributed by atoms with Crippen LogP contribution in [-0.4, -0.2) is 31.6 Å². The number of rotatable bonds is 4. The molecule has 0 radical (unpaired) electrons. The van der Waals surface area contributed by atoms with E-state index in [9.17, 15) is 0 Å². The maximum atomic E-state index is 3.51. The van der Waals surface area contributed by atoms with E-state index in [-0.39, 0.29) is 0 Å². The molecule has 1 saturated heterocycles. The Hall–Kier alpha value is -0.860. The second kappa shape index (κ2) is 6.28. The smallest absolute Gasteiger partial charge is 0.0449 e. The van der Waals surface area contributed by atoms with Crippen molar-refractivity contribution in [2.45, 2.75) is 46.6 Å². The average molecular weight is 274 g/mol. The van der Waals surface area contributed by atoms with Gasteiger partial charge in [0.15, 0.2) is 0 Å². The number of piperidine rings is 1. The van der Waals surface area contributed by atoms with Crippen LogP contribution < -0.4 is 5.32 Å². The molecule has 20 heavy (non-hydrogen) atoms. The number of nitrogens with one attached hydrogen (secondary N) is 1. The Morgan fingerprint density at radius 1 is 1.20 bits per heavy atom. The van der Waals surface area contributed by atoms with Crippen molar-refractivity contribution in [2.24, 2.45) is 5.41 Å². The molecule has 1 atom stereocenters. The van der Waals surface area contributed by atoms with Gasteiger partial charge in [0, 0.05) is 12.6 Å². The molecule has 1 aromatic rings. The number of nitrogens with zero attached hydrogens (tertiary/aromatic N) is 1. The molecule has 2 rings (SSSR count). The molecule has 112 valence electrons.